The Balaban J connectivity index is 2.58. The second kappa shape index (κ2) is 3.28. The summed E-state index contributed by atoms with van der Waals surface area (Å²) in [6.45, 7) is 0. The van der Waals surface area contributed by atoms with Crippen LogP contribution in [0.1, 0.15) is 17.0 Å². The monoisotopic (exact) mass is 167 g/mol. The van der Waals surface area contributed by atoms with Crippen LogP contribution in [0.5, 0.6) is 0 Å². The molecule has 1 unspecified atom stereocenters. The van der Waals surface area contributed by atoms with Gasteiger partial charge in [-0.2, -0.15) is 5.26 Å². The number of hydrogen-bond donors (Lipinski definition) is 0. The van der Waals surface area contributed by atoms with E-state index in [1.54, 1.807) is 0 Å². The molecule has 0 spiro atoms. The number of hydrogen-bond acceptors (Lipinski definition) is 1. The Morgan fingerprint density at radius 2 is 2.00 bits per heavy atom. The van der Waals surface area contributed by atoms with Crippen molar-refractivity contribution in [1.82, 2.24) is 0 Å². The average Bonchev–Trinajstić information content (AvgIpc) is 2.39. The first-order valence-corrected chi connectivity index (χ1v) is 4.25. The van der Waals surface area contributed by atoms with Crippen LogP contribution >= 0.6 is 0 Å². The molecule has 1 aliphatic rings. The third kappa shape index (κ3) is 1.39. The van der Waals surface area contributed by atoms with Gasteiger partial charge >= 0.3 is 0 Å². The molecule has 0 bridgehead atoms. The SMILES string of the molecule is N#CC1C=CC=Cc2ccccc21. The molecule has 0 N–H and O–H groups in total. The van der Waals surface area contributed by atoms with Gasteiger partial charge in [0.15, 0.2) is 0 Å². The lowest BCUT2D eigenvalue weighted by molar-refractivity contribution is 1.09. The second-order valence-corrected chi connectivity index (χ2v) is 2.98. The Bertz CT molecular complexity index is 407. The molecule has 1 atom stereocenters. The molecule has 62 valence electrons. The molecule has 1 heteroatoms. The Kier molecular flexibility index (Phi) is 1.97. The highest BCUT2D eigenvalue weighted by atomic mass is 14.3. The fraction of sp³-hybridized carbons (Fsp3) is 0.0833. The van der Waals surface area contributed by atoms with Gasteiger partial charge < -0.3 is 0 Å². The van der Waals surface area contributed by atoms with Crippen molar-refractivity contribution >= 4 is 6.08 Å². The first kappa shape index (κ1) is 7.82. The van der Waals surface area contributed by atoms with Crippen LogP contribution < -0.4 is 0 Å². The van der Waals surface area contributed by atoms with Crippen molar-refractivity contribution in [1.29, 1.82) is 5.26 Å². The van der Waals surface area contributed by atoms with Gasteiger partial charge in [0.25, 0.3) is 0 Å². The molecule has 1 aromatic rings. The maximum Gasteiger partial charge on any atom is 0.0902 e. The number of benzene rings is 1. The normalized spacial score (nSPS) is 18.8. The number of allylic oxidation sites excluding steroid dienone is 3. The maximum atomic E-state index is 8.93. The molecule has 0 fully saturated rings. The molecule has 0 radical (unpaired) electrons. The number of nitriles is 1. The lowest BCUT2D eigenvalue weighted by Crippen LogP contribution is -1.93. The maximum absolute atomic E-state index is 8.93. The molecule has 0 saturated heterocycles. The van der Waals surface area contributed by atoms with Crippen LogP contribution in [0.4, 0.5) is 0 Å². The number of nitrogens with zero attached hydrogens (tertiary/aromatic N) is 1. The van der Waals surface area contributed by atoms with E-state index in [1.165, 1.54) is 0 Å². The summed E-state index contributed by atoms with van der Waals surface area (Å²) in [7, 11) is 0. The third-order valence-corrected chi connectivity index (χ3v) is 2.16. The van der Waals surface area contributed by atoms with Crippen molar-refractivity contribution in [3.05, 3.63) is 53.6 Å². The molecule has 0 heterocycles. The van der Waals surface area contributed by atoms with E-state index in [1.807, 2.05) is 48.6 Å². The molecule has 0 aliphatic heterocycles. The minimum absolute atomic E-state index is 0.105. The van der Waals surface area contributed by atoms with Gasteiger partial charge in [0.05, 0.1) is 12.0 Å². The van der Waals surface area contributed by atoms with Crippen molar-refractivity contribution in [2.45, 2.75) is 5.92 Å². The van der Waals surface area contributed by atoms with Crippen LogP contribution in [0, 0.1) is 11.3 Å². The molecular weight excluding hydrogens is 158 g/mol. The van der Waals surface area contributed by atoms with Crippen LogP contribution in [-0.4, -0.2) is 0 Å². The van der Waals surface area contributed by atoms with Crippen molar-refractivity contribution in [3.63, 3.8) is 0 Å². The quantitative estimate of drug-likeness (QED) is 0.582. The highest BCUT2D eigenvalue weighted by Crippen LogP contribution is 2.24. The number of rotatable bonds is 0. The summed E-state index contributed by atoms with van der Waals surface area (Å²) in [5, 5.41) is 8.93. The minimum atomic E-state index is -0.105. The van der Waals surface area contributed by atoms with E-state index in [0.717, 1.165) is 11.1 Å². The predicted octanol–water partition coefficient (Wildman–Crippen LogP) is 2.88. The Morgan fingerprint density at radius 1 is 1.15 bits per heavy atom. The van der Waals surface area contributed by atoms with Gasteiger partial charge in [-0.05, 0) is 11.1 Å². The molecule has 1 nitrogen and oxygen atoms in total. The van der Waals surface area contributed by atoms with Crippen molar-refractivity contribution in [2.75, 3.05) is 0 Å². The summed E-state index contributed by atoms with van der Waals surface area (Å²) in [4.78, 5) is 0. The van der Waals surface area contributed by atoms with Gasteiger partial charge in [-0.25, -0.2) is 0 Å². The van der Waals surface area contributed by atoms with E-state index in [-0.39, 0.29) is 5.92 Å². The zero-order chi connectivity index (χ0) is 9.10. The van der Waals surface area contributed by atoms with E-state index in [9.17, 15) is 0 Å². The van der Waals surface area contributed by atoms with Gasteiger partial charge in [0.1, 0.15) is 0 Å². The molecule has 0 amide bonds. The lowest BCUT2D eigenvalue weighted by Gasteiger charge is -2.05. The van der Waals surface area contributed by atoms with Gasteiger partial charge in [0, 0.05) is 0 Å². The second-order valence-electron chi connectivity index (χ2n) is 2.98. The standard InChI is InChI=1S/C12H9N/c13-9-11-7-2-1-5-10-6-3-4-8-12(10)11/h1-8,11H. The van der Waals surface area contributed by atoms with Gasteiger partial charge in [0.2, 0.25) is 0 Å². The molecule has 2 rings (SSSR count). The van der Waals surface area contributed by atoms with Crippen LogP contribution in [0.3, 0.4) is 0 Å². The van der Waals surface area contributed by atoms with E-state index in [2.05, 4.69) is 6.07 Å². The van der Waals surface area contributed by atoms with Crippen molar-refractivity contribution in [3.8, 4) is 6.07 Å². The molecule has 0 aromatic heterocycles. The van der Waals surface area contributed by atoms with E-state index in [4.69, 9.17) is 5.26 Å². The summed E-state index contributed by atoms with van der Waals surface area (Å²) in [5.74, 6) is -0.105. The van der Waals surface area contributed by atoms with E-state index < -0.39 is 0 Å². The van der Waals surface area contributed by atoms with E-state index in [0.29, 0.717) is 0 Å². The Hall–Kier alpha value is -1.81. The number of fused-ring (bicyclic) bond motifs is 1. The fourth-order valence-corrected chi connectivity index (χ4v) is 1.50. The Morgan fingerprint density at radius 3 is 2.85 bits per heavy atom. The van der Waals surface area contributed by atoms with Gasteiger partial charge in [-0.3, -0.25) is 0 Å². The summed E-state index contributed by atoms with van der Waals surface area (Å²) in [6, 6.07) is 10.3. The van der Waals surface area contributed by atoms with Crippen LogP contribution in [0.25, 0.3) is 6.08 Å². The van der Waals surface area contributed by atoms with Crippen LogP contribution in [0.2, 0.25) is 0 Å². The van der Waals surface area contributed by atoms with Crippen LogP contribution in [-0.2, 0) is 0 Å². The third-order valence-electron chi connectivity index (χ3n) is 2.16. The molecule has 13 heavy (non-hydrogen) atoms. The summed E-state index contributed by atoms with van der Waals surface area (Å²) >= 11 is 0. The average molecular weight is 167 g/mol. The van der Waals surface area contributed by atoms with Gasteiger partial charge in [-0.1, -0.05) is 48.6 Å². The zero-order valence-electron chi connectivity index (χ0n) is 7.14. The lowest BCUT2D eigenvalue weighted by atomic mass is 9.96. The highest BCUT2D eigenvalue weighted by Gasteiger charge is 2.10. The zero-order valence-corrected chi connectivity index (χ0v) is 7.14. The summed E-state index contributed by atoms with van der Waals surface area (Å²) in [5.41, 5.74) is 2.23. The topological polar surface area (TPSA) is 23.8 Å². The van der Waals surface area contributed by atoms with E-state index >= 15 is 0 Å². The molecular formula is C12H9N. The molecule has 1 aromatic carbocycles. The summed E-state index contributed by atoms with van der Waals surface area (Å²) < 4.78 is 0. The first-order valence-electron chi connectivity index (χ1n) is 4.25. The minimum Gasteiger partial charge on any atom is -0.197 e. The Labute approximate surface area is 77.6 Å². The van der Waals surface area contributed by atoms with Crippen LogP contribution in [0.15, 0.2) is 42.5 Å². The smallest absolute Gasteiger partial charge is 0.0902 e. The fourth-order valence-electron chi connectivity index (χ4n) is 1.50. The highest BCUT2D eigenvalue weighted by molar-refractivity contribution is 5.59. The largest absolute Gasteiger partial charge is 0.197 e. The summed E-state index contributed by atoms with van der Waals surface area (Å²) in [6.07, 6.45) is 7.84. The van der Waals surface area contributed by atoms with Crippen molar-refractivity contribution < 1.29 is 0 Å². The first-order chi connectivity index (χ1) is 6.42. The van der Waals surface area contributed by atoms with Gasteiger partial charge in [-0.15, -0.1) is 0 Å². The molecule has 0 saturated carbocycles. The van der Waals surface area contributed by atoms with Crippen molar-refractivity contribution in [2.24, 2.45) is 0 Å². The molecule has 1 aliphatic carbocycles. The predicted molar refractivity (Wildman–Crippen MR) is 53.0 cm³/mol.